The van der Waals surface area contributed by atoms with Gasteiger partial charge in [-0.2, -0.15) is 0 Å². The second-order valence-electron chi connectivity index (χ2n) is 5.82. The molecule has 1 atom stereocenters. The standard InChI is InChI=1S/C16H18Cl2N4OS/c1-10-3-4-12(7-13(10)17)22-6-5-21(9-11(22)2)16(23)20-15-19-8-14(18)24-15/h3-4,7-8,11H,5-6,9H2,1-2H3,(H,19,20,23). The Morgan fingerprint density at radius 1 is 1.38 bits per heavy atom. The Labute approximate surface area is 155 Å². The van der Waals surface area contributed by atoms with Crippen LogP contribution in [0.2, 0.25) is 9.36 Å². The molecule has 1 fully saturated rings. The number of halogens is 2. The van der Waals surface area contributed by atoms with Crippen molar-refractivity contribution in [2.24, 2.45) is 0 Å². The summed E-state index contributed by atoms with van der Waals surface area (Å²) in [4.78, 5) is 20.5. The maximum atomic E-state index is 12.4. The average Bonchev–Trinajstić information content (AvgIpc) is 2.95. The van der Waals surface area contributed by atoms with Gasteiger partial charge in [0, 0.05) is 36.4 Å². The first-order chi connectivity index (χ1) is 11.4. The Morgan fingerprint density at radius 2 is 2.17 bits per heavy atom. The van der Waals surface area contributed by atoms with E-state index in [2.05, 4.69) is 28.2 Å². The summed E-state index contributed by atoms with van der Waals surface area (Å²) >= 11 is 13.3. The molecule has 128 valence electrons. The third kappa shape index (κ3) is 3.77. The number of hydrogen-bond acceptors (Lipinski definition) is 4. The molecule has 8 heteroatoms. The summed E-state index contributed by atoms with van der Waals surface area (Å²) in [6.07, 6.45) is 1.53. The van der Waals surface area contributed by atoms with Gasteiger partial charge in [-0.1, -0.05) is 40.6 Å². The Kier molecular flexibility index (Phi) is 5.18. The summed E-state index contributed by atoms with van der Waals surface area (Å²) in [7, 11) is 0. The zero-order chi connectivity index (χ0) is 17.3. The Bertz CT molecular complexity index is 751. The molecule has 1 unspecified atom stereocenters. The number of thiazole rings is 1. The number of nitrogens with zero attached hydrogens (tertiary/aromatic N) is 3. The van der Waals surface area contributed by atoms with Crippen LogP contribution in [-0.2, 0) is 0 Å². The smallest absolute Gasteiger partial charge is 0.323 e. The van der Waals surface area contributed by atoms with Crippen LogP contribution in [-0.4, -0.2) is 41.6 Å². The second-order valence-corrected chi connectivity index (χ2v) is 7.89. The Balaban J connectivity index is 1.64. The predicted molar refractivity (Wildman–Crippen MR) is 101 cm³/mol. The van der Waals surface area contributed by atoms with E-state index in [-0.39, 0.29) is 12.1 Å². The van der Waals surface area contributed by atoms with Gasteiger partial charge in [-0.05, 0) is 31.5 Å². The topological polar surface area (TPSA) is 48.5 Å². The quantitative estimate of drug-likeness (QED) is 0.828. The number of amides is 2. The molecule has 1 aliphatic heterocycles. The molecule has 2 heterocycles. The fraction of sp³-hybridized carbons (Fsp3) is 0.375. The number of hydrogen-bond donors (Lipinski definition) is 1. The minimum atomic E-state index is -0.144. The molecule has 0 saturated carbocycles. The number of anilines is 2. The summed E-state index contributed by atoms with van der Waals surface area (Å²) in [6.45, 7) is 6.12. The van der Waals surface area contributed by atoms with Gasteiger partial charge in [-0.25, -0.2) is 9.78 Å². The van der Waals surface area contributed by atoms with Crippen molar-refractivity contribution in [3.63, 3.8) is 0 Å². The highest BCUT2D eigenvalue weighted by molar-refractivity contribution is 7.19. The molecule has 1 N–H and O–H groups in total. The molecule has 1 saturated heterocycles. The van der Waals surface area contributed by atoms with Crippen molar-refractivity contribution < 1.29 is 4.79 Å². The molecule has 24 heavy (non-hydrogen) atoms. The van der Waals surface area contributed by atoms with Gasteiger partial charge in [0.1, 0.15) is 4.34 Å². The van der Waals surface area contributed by atoms with Crippen molar-refractivity contribution in [3.8, 4) is 0 Å². The molecule has 2 amide bonds. The molecule has 3 rings (SSSR count). The van der Waals surface area contributed by atoms with Crippen molar-refractivity contribution in [2.75, 3.05) is 29.9 Å². The van der Waals surface area contributed by atoms with E-state index in [1.807, 2.05) is 19.1 Å². The van der Waals surface area contributed by atoms with E-state index >= 15 is 0 Å². The molecule has 0 aliphatic carbocycles. The number of urea groups is 1. The van der Waals surface area contributed by atoms with Crippen LogP contribution >= 0.6 is 34.5 Å². The van der Waals surface area contributed by atoms with E-state index in [0.717, 1.165) is 22.8 Å². The number of aromatic nitrogens is 1. The van der Waals surface area contributed by atoms with Crippen molar-refractivity contribution in [1.82, 2.24) is 9.88 Å². The highest BCUT2D eigenvalue weighted by Gasteiger charge is 2.27. The molecule has 5 nitrogen and oxygen atoms in total. The predicted octanol–water partition coefficient (Wildman–Crippen LogP) is 4.50. The van der Waals surface area contributed by atoms with Gasteiger partial charge in [0.2, 0.25) is 0 Å². The van der Waals surface area contributed by atoms with Gasteiger partial charge in [-0.3, -0.25) is 5.32 Å². The van der Waals surface area contributed by atoms with Crippen molar-refractivity contribution in [2.45, 2.75) is 19.9 Å². The molecule has 1 aromatic heterocycles. The van der Waals surface area contributed by atoms with Gasteiger partial charge < -0.3 is 9.80 Å². The van der Waals surface area contributed by atoms with E-state index in [4.69, 9.17) is 23.2 Å². The first kappa shape index (κ1) is 17.3. The first-order valence-electron chi connectivity index (χ1n) is 7.64. The third-order valence-corrected chi connectivity index (χ3v) is 5.53. The Morgan fingerprint density at radius 3 is 2.79 bits per heavy atom. The fourth-order valence-corrected chi connectivity index (χ4v) is 3.75. The average molecular weight is 385 g/mol. The molecular weight excluding hydrogens is 367 g/mol. The number of piperazine rings is 1. The molecule has 0 radical (unpaired) electrons. The van der Waals surface area contributed by atoms with Gasteiger partial charge in [-0.15, -0.1) is 0 Å². The van der Waals surface area contributed by atoms with Crippen LogP contribution in [0.15, 0.2) is 24.4 Å². The number of nitrogens with one attached hydrogen (secondary N) is 1. The summed E-state index contributed by atoms with van der Waals surface area (Å²) in [5, 5.41) is 4.08. The van der Waals surface area contributed by atoms with Gasteiger partial charge in [0.15, 0.2) is 5.13 Å². The van der Waals surface area contributed by atoms with Crippen molar-refractivity contribution >= 4 is 51.4 Å². The van der Waals surface area contributed by atoms with Crippen LogP contribution in [0.25, 0.3) is 0 Å². The largest absolute Gasteiger partial charge is 0.365 e. The van der Waals surface area contributed by atoms with Gasteiger partial charge in [0.25, 0.3) is 0 Å². The van der Waals surface area contributed by atoms with E-state index < -0.39 is 0 Å². The number of benzene rings is 1. The molecular formula is C16H18Cl2N4OS. The minimum Gasteiger partial charge on any atom is -0.365 e. The molecule has 1 aliphatic rings. The molecule has 0 spiro atoms. The lowest BCUT2D eigenvalue weighted by molar-refractivity contribution is 0.200. The van der Waals surface area contributed by atoms with Crippen LogP contribution in [0.3, 0.4) is 0 Å². The van der Waals surface area contributed by atoms with Crippen LogP contribution < -0.4 is 10.2 Å². The SMILES string of the molecule is Cc1ccc(N2CCN(C(=O)Nc3ncc(Cl)s3)CC2C)cc1Cl. The number of carbonyl (C=O) groups excluding carboxylic acids is 1. The highest BCUT2D eigenvalue weighted by atomic mass is 35.5. The lowest BCUT2D eigenvalue weighted by atomic mass is 10.1. The van der Waals surface area contributed by atoms with Crippen molar-refractivity contribution in [3.05, 3.63) is 39.3 Å². The summed E-state index contributed by atoms with van der Waals surface area (Å²) in [5.41, 5.74) is 2.15. The summed E-state index contributed by atoms with van der Waals surface area (Å²) in [6, 6.07) is 6.14. The van der Waals surface area contributed by atoms with E-state index in [0.29, 0.717) is 22.6 Å². The normalized spacial score (nSPS) is 17.9. The van der Waals surface area contributed by atoms with E-state index in [1.165, 1.54) is 17.5 Å². The summed E-state index contributed by atoms with van der Waals surface area (Å²) < 4.78 is 0.555. The lowest BCUT2D eigenvalue weighted by Crippen LogP contribution is -2.54. The fourth-order valence-electron chi connectivity index (χ4n) is 2.77. The van der Waals surface area contributed by atoms with Crippen LogP contribution in [0.4, 0.5) is 15.6 Å². The zero-order valence-electron chi connectivity index (χ0n) is 13.4. The summed E-state index contributed by atoms with van der Waals surface area (Å²) in [5.74, 6) is 0. The Hall–Kier alpha value is -1.50. The first-order valence-corrected chi connectivity index (χ1v) is 9.21. The van der Waals surface area contributed by atoms with Gasteiger partial charge in [0.05, 0.1) is 6.20 Å². The second kappa shape index (κ2) is 7.17. The van der Waals surface area contributed by atoms with Crippen LogP contribution in [0.5, 0.6) is 0 Å². The van der Waals surface area contributed by atoms with Crippen molar-refractivity contribution in [1.29, 1.82) is 0 Å². The van der Waals surface area contributed by atoms with E-state index in [1.54, 1.807) is 4.90 Å². The highest BCUT2D eigenvalue weighted by Crippen LogP contribution is 2.27. The minimum absolute atomic E-state index is 0.144. The lowest BCUT2D eigenvalue weighted by Gasteiger charge is -2.41. The zero-order valence-corrected chi connectivity index (χ0v) is 15.8. The number of carbonyl (C=O) groups is 1. The molecule has 0 bridgehead atoms. The van der Waals surface area contributed by atoms with E-state index in [9.17, 15) is 4.79 Å². The van der Waals surface area contributed by atoms with Crippen LogP contribution in [0.1, 0.15) is 12.5 Å². The van der Waals surface area contributed by atoms with Crippen LogP contribution in [0, 0.1) is 6.92 Å². The molecule has 1 aromatic carbocycles. The maximum absolute atomic E-state index is 12.4. The molecule has 2 aromatic rings. The van der Waals surface area contributed by atoms with Gasteiger partial charge >= 0.3 is 6.03 Å². The number of rotatable bonds is 2. The third-order valence-electron chi connectivity index (χ3n) is 4.09. The monoisotopic (exact) mass is 384 g/mol. The number of aryl methyl sites for hydroxylation is 1. The maximum Gasteiger partial charge on any atom is 0.323 e.